The molecular formula is C16H23NO5S. The number of piperidine rings is 1. The molecule has 1 saturated heterocycles. The molecule has 1 aliphatic rings. The highest BCUT2D eigenvalue weighted by Gasteiger charge is 2.25. The van der Waals surface area contributed by atoms with Crippen LogP contribution in [0.2, 0.25) is 0 Å². The number of ether oxygens (including phenoxy) is 2. The smallest absolute Gasteiger partial charge is 0.260 e. The van der Waals surface area contributed by atoms with Gasteiger partial charge in [0.05, 0.1) is 12.9 Å². The second-order valence-electron chi connectivity index (χ2n) is 5.86. The normalized spacial score (nSPS) is 16.2. The van der Waals surface area contributed by atoms with Gasteiger partial charge in [0.1, 0.15) is 9.84 Å². The highest BCUT2D eigenvalue weighted by Crippen LogP contribution is 2.26. The molecule has 0 saturated carbocycles. The summed E-state index contributed by atoms with van der Waals surface area (Å²) in [5.74, 6) is 1.38. The standard InChI is InChI=1S/C16H23NO5S/c1-21-14-5-3-4-6-15(14)22-11-16(18)17-9-7-13(8-10-17)12-23(2,19)20/h3-6,13H,7-12H2,1-2H3. The van der Waals surface area contributed by atoms with E-state index < -0.39 is 9.84 Å². The van der Waals surface area contributed by atoms with Crippen molar-refractivity contribution in [3.05, 3.63) is 24.3 Å². The maximum atomic E-state index is 12.2. The van der Waals surface area contributed by atoms with Crippen molar-refractivity contribution < 1.29 is 22.7 Å². The molecular weight excluding hydrogens is 318 g/mol. The number of benzene rings is 1. The SMILES string of the molecule is COc1ccccc1OCC(=O)N1CCC(CS(C)(=O)=O)CC1. The van der Waals surface area contributed by atoms with E-state index in [0.717, 1.165) is 0 Å². The minimum absolute atomic E-state index is 0.0445. The molecule has 128 valence electrons. The van der Waals surface area contributed by atoms with Gasteiger partial charge in [0.25, 0.3) is 5.91 Å². The molecule has 1 fully saturated rings. The lowest BCUT2D eigenvalue weighted by Gasteiger charge is -2.31. The first-order chi connectivity index (χ1) is 10.9. The van der Waals surface area contributed by atoms with Crippen molar-refractivity contribution in [2.75, 3.05) is 38.8 Å². The molecule has 2 rings (SSSR count). The van der Waals surface area contributed by atoms with Gasteiger partial charge in [-0.2, -0.15) is 0 Å². The lowest BCUT2D eigenvalue weighted by molar-refractivity contribution is -0.134. The Labute approximate surface area is 137 Å². The third-order valence-corrected chi connectivity index (χ3v) is 5.00. The largest absolute Gasteiger partial charge is 0.493 e. The number of carbonyl (C=O) groups is 1. The maximum absolute atomic E-state index is 12.2. The van der Waals surface area contributed by atoms with Crippen molar-refractivity contribution in [3.8, 4) is 11.5 Å². The zero-order valence-electron chi connectivity index (χ0n) is 13.5. The van der Waals surface area contributed by atoms with E-state index in [0.29, 0.717) is 37.4 Å². The zero-order valence-corrected chi connectivity index (χ0v) is 14.3. The molecule has 7 heteroatoms. The molecule has 0 radical (unpaired) electrons. The van der Waals surface area contributed by atoms with E-state index in [9.17, 15) is 13.2 Å². The zero-order chi connectivity index (χ0) is 16.9. The first kappa shape index (κ1) is 17.6. The molecule has 0 unspecified atom stereocenters. The quantitative estimate of drug-likeness (QED) is 0.781. The molecule has 0 atom stereocenters. The average molecular weight is 341 g/mol. The predicted molar refractivity (Wildman–Crippen MR) is 87.5 cm³/mol. The van der Waals surface area contributed by atoms with Crippen LogP contribution in [0.1, 0.15) is 12.8 Å². The number of amides is 1. The van der Waals surface area contributed by atoms with E-state index in [4.69, 9.17) is 9.47 Å². The summed E-state index contributed by atoms with van der Waals surface area (Å²) in [6.45, 7) is 1.11. The van der Waals surface area contributed by atoms with Crippen molar-refractivity contribution in [2.24, 2.45) is 5.92 Å². The number of carbonyl (C=O) groups excluding carboxylic acids is 1. The van der Waals surface area contributed by atoms with Crippen LogP contribution >= 0.6 is 0 Å². The highest BCUT2D eigenvalue weighted by atomic mass is 32.2. The molecule has 1 aliphatic heterocycles. The lowest BCUT2D eigenvalue weighted by Crippen LogP contribution is -2.42. The lowest BCUT2D eigenvalue weighted by atomic mass is 9.99. The van der Waals surface area contributed by atoms with Crippen LogP contribution in [0.5, 0.6) is 11.5 Å². The van der Waals surface area contributed by atoms with Crippen LogP contribution in [-0.4, -0.2) is 58.0 Å². The van der Waals surface area contributed by atoms with Crippen molar-refractivity contribution in [1.29, 1.82) is 0 Å². The number of rotatable bonds is 6. The number of methoxy groups -OCH3 is 1. The Morgan fingerprint density at radius 1 is 1.22 bits per heavy atom. The topological polar surface area (TPSA) is 72.9 Å². The number of hydrogen-bond donors (Lipinski definition) is 0. The van der Waals surface area contributed by atoms with E-state index >= 15 is 0 Å². The summed E-state index contributed by atoms with van der Waals surface area (Å²) in [6.07, 6.45) is 2.69. The summed E-state index contributed by atoms with van der Waals surface area (Å²) < 4.78 is 33.4. The van der Waals surface area contributed by atoms with Crippen molar-refractivity contribution in [1.82, 2.24) is 4.90 Å². The summed E-state index contributed by atoms with van der Waals surface area (Å²) in [7, 11) is -1.41. The van der Waals surface area contributed by atoms with Crippen molar-refractivity contribution in [3.63, 3.8) is 0 Å². The van der Waals surface area contributed by atoms with Gasteiger partial charge in [-0.25, -0.2) is 8.42 Å². The number of nitrogens with zero attached hydrogens (tertiary/aromatic N) is 1. The molecule has 1 aromatic rings. The third kappa shape index (κ3) is 5.42. The maximum Gasteiger partial charge on any atom is 0.260 e. The highest BCUT2D eigenvalue weighted by molar-refractivity contribution is 7.90. The van der Waals surface area contributed by atoms with E-state index in [1.807, 2.05) is 12.1 Å². The van der Waals surface area contributed by atoms with E-state index in [2.05, 4.69) is 0 Å². The van der Waals surface area contributed by atoms with Gasteiger partial charge < -0.3 is 14.4 Å². The molecule has 0 aliphatic carbocycles. The predicted octanol–water partition coefficient (Wildman–Crippen LogP) is 1.36. The van der Waals surface area contributed by atoms with E-state index in [1.165, 1.54) is 6.26 Å². The van der Waals surface area contributed by atoms with Crippen LogP contribution in [0.3, 0.4) is 0 Å². The fraction of sp³-hybridized carbons (Fsp3) is 0.562. The van der Waals surface area contributed by atoms with Crippen LogP contribution in [0.4, 0.5) is 0 Å². The molecule has 1 amide bonds. The average Bonchev–Trinajstić information content (AvgIpc) is 2.52. The van der Waals surface area contributed by atoms with Gasteiger partial charge in [0, 0.05) is 19.3 Å². The second-order valence-corrected chi connectivity index (χ2v) is 8.04. The van der Waals surface area contributed by atoms with Gasteiger partial charge in [0.15, 0.2) is 18.1 Å². The number of sulfone groups is 1. The van der Waals surface area contributed by atoms with Crippen LogP contribution < -0.4 is 9.47 Å². The third-order valence-electron chi connectivity index (χ3n) is 3.93. The van der Waals surface area contributed by atoms with Gasteiger partial charge in [-0.15, -0.1) is 0 Å². The van der Waals surface area contributed by atoms with Crippen molar-refractivity contribution in [2.45, 2.75) is 12.8 Å². The van der Waals surface area contributed by atoms with Gasteiger partial charge in [-0.1, -0.05) is 12.1 Å². The Bertz CT molecular complexity index is 636. The number of likely N-dealkylation sites (tertiary alicyclic amines) is 1. The van der Waals surface area contributed by atoms with Crippen molar-refractivity contribution >= 4 is 15.7 Å². The molecule has 1 heterocycles. The van der Waals surface area contributed by atoms with E-state index in [1.54, 1.807) is 24.1 Å². The van der Waals surface area contributed by atoms with Gasteiger partial charge in [-0.05, 0) is 30.9 Å². The van der Waals surface area contributed by atoms with Crippen LogP contribution in [0, 0.1) is 5.92 Å². The number of para-hydroxylation sites is 2. The van der Waals surface area contributed by atoms with Gasteiger partial charge in [0.2, 0.25) is 0 Å². The monoisotopic (exact) mass is 341 g/mol. The molecule has 1 aromatic carbocycles. The summed E-state index contributed by atoms with van der Waals surface area (Å²) >= 11 is 0. The molecule has 0 N–H and O–H groups in total. The summed E-state index contributed by atoms with van der Waals surface area (Å²) in [5.41, 5.74) is 0. The second kappa shape index (κ2) is 7.68. The van der Waals surface area contributed by atoms with Gasteiger partial charge in [-0.3, -0.25) is 4.79 Å². The Kier molecular flexibility index (Phi) is 5.87. The van der Waals surface area contributed by atoms with Crippen LogP contribution in [0.15, 0.2) is 24.3 Å². The molecule has 6 nitrogen and oxygen atoms in total. The molecule has 0 bridgehead atoms. The summed E-state index contributed by atoms with van der Waals surface area (Å²) in [5, 5.41) is 0. The van der Waals surface area contributed by atoms with Crippen LogP contribution in [0.25, 0.3) is 0 Å². The first-order valence-corrected chi connectivity index (χ1v) is 9.66. The minimum atomic E-state index is -2.96. The Morgan fingerprint density at radius 2 is 1.83 bits per heavy atom. The Morgan fingerprint density at radius 3 is 2.39 bits per heavy atom. The minimum Gasteiger partial charge on any atom is -0.493 e. The number of hydrogen-bond acceptors (Lipinski definition) is 5. The fourth-order valence-electron chi connectivity index (χ4n) is 2.75. The molecule has 0 aromatic heterocycles. The molecule has 0 spiro atoms. The Hall–Kier alpha value is -1.76. The molecule has 23 heavy (non-hydrogen) atoms. The van der Waals surface area contributed by atoms with Crippen LogP contribution in [-0.2, 0) is 14.6 Å². The summed E-state index contributed by atoms with van der Waals surface area (Å²) in [6, 6.07) is 7.18. The fourth-order valence-corrected chi connectivity index (χ4v) is 3.94. The summed E-state index contributed by atoms with van der Waals surface area (Å²) in [4.78, 5) is 13.9. The van der Waals surface area contributed by atoms with E-state index in [-0.39, 0.29) is 24.2 Å². The Balaban J connectivity index is 1.81. The first-order valence-electron chi connectivity index (χ1n) is 7.60. The van der Waals surface area contributed by atoms with Gasteiger partial charge >= 0.3 is 0 Å².